The Hall–Kier alpha value is -1.90. The first kappa shape index (κ1) is 8.69. The van der Waals surface area contributed by atoms with E-state index in [9.17, 15) is 5.11 Å². The van der Waals surface area contributed by atoms with E-state index >= 15 is 0 Å². The summed E-state index contributed by atoms with van der Waals surface area (Å²) in [7, 11) is 0. The Morgan fingerprint density at radius 3 is 2.79 bits per heavy atom. The smallest absolute Gasteiger partial charge is 0.117 e. The lowest BCUT2D eigenvalue weighted by atomic mass is 10.2. The average molecular weight is 188 g/mol. The van der Waals surface area contributed by atoms with Gasteiger partial charge in [-0.05, 0) is 24.3 Å². The maximum absolute atomic E-state index is 9.24. The highest BCUT2D eigenvalue weighted by Crippen LogP contribution is 2.21. The molecule has 1 aliphatic carbocycles. The molecule has 0 spiro atoms. The third kappa shape index (κ3) is 1.88. The van der Waals surface area contributed by atoms with Gasteiger partial charge >= 0.3 is 0 Å². The highest BCUT2D eigenvalue weighted by molar-refractivity contribution is 5.53. The van der Waals surface area contributed by atoms with Crippen molar-refractivity contribution in [2.45, 2.75) is 6.42 Å². The van der Waals surface area contributed by atoms with Crippen LogP contribution in [-0.4, -0.2) is 5.11 Å². The molecule has 0 aromatic heterocycles. The summed E-state index contributed by atoms with van der Waals surface area (Å²) in [6.45, 7) is 0. The second-order valence-electron chi connectivity index (χ2n) is 3.29. The lowest BCUT2D eigenvalue weighted by Crippen LogP contribution is -2.00. The van der Waals surface area contributed by atoms with E-state index in [2.05, 4.69) is 5.32 Å². The van der Waals surface area contributed by atoms with Gasteiger partial charge in [0.1, 0.15) is 5.75 Å². The van der Waals surface area contributed by atoms with Crippen LogP contribution in [0.1, 0.15) is 6.42 Å². The van der Waals surface area contributed by atoms with Crippen LogP contribution in [0, 0.1) is 0 Å². The summed E-state index contributed by atoms with van der Waals surface area (Å²) in [6, 6.07) is 7.01. The number of anilines is 1. The molecular formula is C11H12N2O. The van der Waals surface area contributed by atoms with Gasteiger partial charge in [0.2, 0.25) is 0 Å². The molecule has 3 heteroatoms. The minimum Gasteiger partial charge on any atom is -0.508 e. The number of aromatic hydroxyl groups is 1. The minimum absolute atomic E-state index is 0.259. The average Bonchev–Trinajstić information content (AvgIpc) is 2.51. The van der Waals surface area contributed by atoms with E-state index in [1.807, 2.05) is 18.2 Å². The molecule has 4 N–H and O–H groups in total. The number of benzene rings is 1. The zero-order valence-electron chi connectivity index (χ0n) is 7.70. The number of nitrogens with two attached hydrogens (primary N) is 1. The largest absolute Gasteiger partial charge is 0.508 e. The monoisotopic (exact) mass is 188 g/mol. The van der Waals surface area contributed by atoms with Crippen LogP contribution in [0.15, 0.2) is 47.8 Å². The molecule has 14 heavy (non-hydrogen) atoms. The molecule has 1 aliphatic rings. The van der Waals surface area contributed by atoms with Gasteiger partial charge in [0.25, 0.3) is 0 Å². The van der Waals surface area contributed by atoms with Gasteiger partial charge in [-0.2, -0.15) is 0 Å². The minimum atomic E-state index is 0.259. The lowest BCUT2D eigenvalue weighted by molar-refractivity contribution is 0.475. The number of rotatable bonds is 2. The van der Waals surface area contributed by atoms with Crippen molar-refractivity contribution in [2.75, 3.05) is 5.32 Å². The predicted octanol–water partition coefficient (Wildman–Crippen LogP) is 1.93. The van der Waals surface area contributed by atoms with Crippen molar-refractivity contribution in [1.82, 2.24) is 0 Å². The van der Waals surface area contributed by atoms with Crippen molar-refractivity contribution in [3.63, 3.8) is 0 Å². The van der Waals surface area contributed by atoms with Crippen LogP contribution in [0.2, 0.25) is 0 Å². The zero-order chi connectivity index (χ0) is 9.97. The van der Waals surface area contributed by atoms with E-state index < -0.39 is 0 Å². The molecule has 0 heterocycles. The van der Waals surface area contributed by atoms with Gasteiger partial charge in [0.05, 0.1) is 0 Å². The molecule has 0 aliphatic heterocycles. The number of phenolic OH excluding ortho intramolecular Hbond substituents is 1. The summed E-state index contributed by atoms with van der Waals surface area (Å²) in [6.07, 6.45) is 4.57. The van der Waals surface area contributed by atoms with Gasteiger partial charge in [0, 0.05) is 29.6 Å². The van der Waals surface area contributed by atoms with Gasteiger partial charge in [0.15, 0.2) is 0 Å². The van der Waals surface area contributed by atoms with Crippen molar-refractivity contribution in [3.05, 3.63) is 47.8 Å². The van der Waals surface area contributed by atoms with Crippen LogP contribution in [0.3, 0.4) is 0 Å². The molecule has 72 valence electrons. The Balaban J connectivity index is 2.06. The molecule has 2 rings (SSSR count). The maximum atomic E-state index is 9.24. The fraction of sp³-hybridized carbons (Fsp3) is 0.0909. The van der Waals surface area contributed by atoms with E-state index in [0.29, 0.717) is 0 Å². The van der Waals surface area contributed by atoms with Crippen LogP contribution >= 0.6 is 0 Å². The molecule has 0 fully saturated rings. The summed E-state index contributed by atoms with van der Waals surface area (Å²) in [4.78, 5) is 0. The topological polar surface area (TPSA) is 58.3 Å². The van der Waals surface area contributed by atoms with Crippen LogP contribution in [-0.2, 0) is 0 Å². The molecule has 0 radical (unpaired) electrons. The van der Waals surface area contributed by atoms with Crippen molar-refractivity contribution < 1.29 is 5.11 Å². The van der Waals surface area contributed by atoms with Crippen molar-refractivity contribution in [1.29, 1.82) is 0 Å². The van der Waals surface area contributed by atoms with Crippen LogP contribution in [0.5, 0.6) is 5.75 Å². The number of hydrogen-bond donors (Lipinski definition) is 3. The molecule has 0 bridgehead atoms. The van der Waals surface area contributed by atoms with E-state index in [0.717, 1.165) is 23.5 Å². The molecule has 1 aromatic rings. The Labute approximate surface area is 82.6 Å². The first-order chi connectivity index (χ1) is 6.74. The van der Waals surface area contributed by atoms with E-state index in [4.69, 9.17) is 5.73 Å². The van der Waals surface area contributed by atoms with Crippen LogP contribution in [0.4, 0.5) is 5.69 Å². The van der Waals surface area contributed by atoms with E-state index in [1.54, 1.807) is 18.2 Å². The summed E-state index contributed by atoms with van der Waals surface area (Å²) >= 11 is 0. The molecule has 0 saturated heterocycles. The Kier molecular flexibility index (Phi) is 2.14. The summed E-state index contributed by atoms with van der Waals surface area (Å²) in [5, 5.41) is 12.4. The highest BCUT2D eigenvalue weighted by Gasteiger charge is 2.04. The SMILES string of the molecule is NC1=CC=C(Nc2cccc(O)c2)C1. The third-order valence-electron chi connectivity index (χ3n) is 2.04. The second kappa shape index (κ2) is 3.46. The number of phenols is 1. The molecular weight excluding hydrogens is 176 g/mol. The fourth-order valence-electron chi connectivity index (χ4n) is 1.40. The summed E-state index contributed by atoms with van der Waals surface area (Å²) in [5.41, 5.74) is 8.41. The molecule has 0 saturated carbocycles. The molecule has 1 aromatic carbocycles. The fourth-order valence-corrected chi connectivity index (χ4v) is 1.40. The van der Waals surface area contributed by atoms with Crippen molar-refractivity contribution in [2.24, 2.45) is 5.73 Å². The van der Waals surface area contributed by atoms with Gasteiger partial charge < -0.3 is 16.2 Å². The second-order valence-corrected chi connectivity index (χ2v) is 3.29. The van der Waals surface area contributed by atoms with Gasteiger partial charge in [-0.25, -0.2) is 0 Å². The molecule has 0 unspecified atom stereocenters. The first-order valence-corrected chi connectivity index (χ1v) is 4.45. The standard InChI is InChI=1S/C11H12N2O/c12-8-4-5-10(6-8)13-9-2-1-3-11(14)7-9/h1-5,7,13-14H,6,12H2. The van der Waals surface area contributed by atoms with Gasteiger partial charge in [-0.15, -0.1) is 0 Å². The predicted molar refractivity (Wildman–Crippen MR) is 56.7 cm³/mol. The molecule has 3 nitrogen and oxygen atoms in total. The van der Waals surface area contributed by atoms with Crippen molar-refractivity contribution in [3.8, 4) is 5.75 Å². The summed E-state index contributed by atoms with van der Waals surface area (Å²) < 4.78 is 0. The highest BCUT2D eigenvalue weighted by atomic mass is 16.3. The van der Waals surface area contributed by atoms with Crippen molar-refractivity contribution >= 4 is 5.69 Å². The van der Waals surface area contributed by atoms with Crippen LogP contribution in [0.25, 0.3) is 0 Å². The molecule has 0 atom stereocenters. The van der Waals surface area contributed by atoms with Gasteiger partial charge in [-0.3, -0.25) is 0 Å². The number of hydrogen-bond acceptors (Lipinski definition) is 3. The van der Waals surface area contributed by atoms with E-state index in [1.165, 1.54) is 0 Å². The van der Waals surface area contributed by atoms with E-state index in [-0.39, 0.29) is 5.75 Å². The number of allylic oxidation sites excluding steroid dienone is 2. The normalized spacial score (nSPS) is 14.9. The van der Waals surface area contributed by atoms with Crippen LogP contribution < -0.4 is 11.1 Å². The quantitative estimate of drug-likeness (QED) is 0.664. The van der Waals surface area contributed by atoms with Gasteiger partial charge in [-0.1, -0.05) is 6.07 Å². The summed E-state index contributed by atoms with van der Waals surface area (Å²) in [5.74, 6) is 0.259. The Morgan fingerprint density at radius 1 is 1.29 bits per heavy atom. The third-order valence-corrected chi connectivity index (χ3v) is 2.04. The maximum Gasteiger partial charge on any atom is 0.117 e. The zero-order valence-corrected chi connectivity index (χ0v) is 7.70. The Bertz CT molecular complexity index is 408. The Morgan fingerprint density at radius 2 is 2.14 bits per heavy atom. The first-order valence-electron chi connectivity index (χ1n) is 4.45. The lowest BCUT2D eigenvalue weighted by Gasteiger charge is -2.07. The molecule has 0 amide bonds. The number of nitrogens with one attached hydrogen (secondary N) is 1.